The summed E-state index contributed by atoms with van der Waals surface area (Å²) in [5, 5.41) is 13.4. The highest BCUT2D eigenvalue weighted by molar-refractivity contribution is 5.76. The summed E-state index contributed by atoms with van der Waals surface area (Å²) in [7, 11) is 0. The first-order chi connectivity index (χ1) is 22.1. The summed E-state index contributed by atoms with van der Waals surface area (Å²) in [5.74, 6) is 0.0774. The van der Waals surface area contributed by atoms with Gasteiger partial charge in [-0.15, -0.1) is 0 Å². The van der Waals surface area contributed by atoms with Gasteiger partial charge in [0.25, 0.3) is 0 Å². The van der Waals surface area contributed by atoms with Gasteiger partial charge < -0.3 is 10.4 Å². The van der Waals surface area contributed by atoms with E-state index in [0.29, 0.717) is 6.42 Å². The molecule has 2 atom stereocenters. The Bertz CT molecular complexity index is 643. The number of rotatable bonds is 36. The zero-order valence-corrected chi connectivity index (χ0v) is 30.9. The van der Waals surface area contributed by atoms with E-state index < -0.39 is 6.10 Å². The maximum Gasteiger partial charge on any atom is 0.220 e. The summed E-state index contributed by atoms with van der Waals surface area (Å²) >= 11 is 0. The molecule has 0 heterocycles. The van der Waals surface area contributed by atoms with Gasteiger partial charge in [0, 0.05) is 6.42 Å². The van der Waals surface area contributed by atoms with Crippen LogP contribution in [0.5, 0.6) is 0 Å². The zero-order valence-electron chi connectivity index (χ0n) is 30.9. The minimum atomic E-state index is -0.599. The zero-order chi connectivity index (χ0) is 32.9. The highest BCUT2D eigenvalue weighted by Gasteiger charge is 2.13. The van der Waals surface area contributed by atoms with Crippen LogP contribution in [0.4, 0.5) is 0 Å². The van der Waals surface area contributed by atoms with Gasteiger partial charge in [0.1, 0.15) is 0 Å². The fourth-order valence-electron chi connectivity index (χ4n) is 6.16. The van der Waals surface area contributed by atoms with Crippen LogP contribution in [-0.2, 0) is 4.79 Å². The summed E-state index contributed by atoms with van der Waals surface area (Å²) in [5.41, 5.74) is 0. The lowest BCUT2D eigenvalue weighted by Gasteiger charge is -2.17. The number of hydrogen-bond acceptors (Lipinski definition) is 2. The van der Waals surface area contributed by atoms with Crippen LogP contribution in [-0.4, -0.2) is 23.2 Å². The predicted octanol–water partition coefficient (Wildman–Crippen LogP) is 13.5. The van der Waals surface area contributed by atoms with Crippen LogP contribution in [0, 0.1) is 0 Å². The Kier molecular flexibility index (Phi) is 36.5. The van der Waals surface area contributed by atoms with Gasteiger partial charge in [-0.05, 0) is 51.9 Å². The summed E-state index contributed by atoms with van der Waals surface area (Å²) in [6, 6.07) is -0.225. The summed E-state index contributed by atoms with van der Waals surface area (Å²) in [4.78, 5) is 12.3. The molecule has 1 amide bonds. The molecule has 0 aromatic carbocycles. The Morgan fingerprint density at radius 1 is 0.489 bits per heavy atom. The third-order valence-corrected chi connectivity index (χ3v) is 9.37. The first kappa shape index (κ1) is 43.9. The van der Waals surface area contributed by atoms with Crippen molar-refractivity contribution in [3.8, 4) is 0 Å². The molecule has 0 saturated carbocycles. The summed E-state index contributed by atoms with van der Waals surface area (Å²) < 4.78 is 0. The number of hydrogen-bond donors (Lipinski definition) is 2. The lowest BCUT2D eigenvalue weighted by Crippen LogP contribution is -2.40. The lowest BCUT2D eigenvalue weighted by molar-refractivity contribution is -0.122. The molecule has 3 heteroatoms. The minimum Gasteiger partial charge on any atom is -0.387 e. The first-order valence-corrected chi connectivity index (χ1v) is 20.4. The quantitative estimate of drug-likeness (QED) is 0.0534. The van der Waals surface area contributed by atoms with E-state index in [1.807, 2.05) is 13.0 Å². The van der Waals surface area contributed by atoms with Crippen LogP contribution in [0.15, 0.2) is 24.3 Å². The smallest absolute Gasteiger partial charge is 0.220 e. The molecular weight excluding hydrogens is 550 g/mol. The Morgan fingerprint density at radius 2 is 0.800 bits per heavy atom. The number of aliphatic hydroxyl groups excluding tert-OH is 1. The second-order valence-corrected chi connectivity index (χ2v) is 14.1. The average Bonchev–Trinajstić information content (AvgIpc) is 3.03. The first-order valence-electron chi connectivity index (χ1n) is 20.4. The molecule has 0 aliphatic rings. The van der Waals surface area contributed by atoms with Gasteiger partial charge in [-0.25, -0.2) is 0 Å². The topological polar surface area (TPSA) is 49.3 Å². The fourth-order valence-corrected chi connectivity index (χ4v) is 6.16. The van der Waals surface area contributed by atoms with Crippen molar-refractivity contribution in [3.05, 3.63) is 24.3 Å². The van der Waals surface area contributed by atoms with Gasteiger partial charge in [0.15, 0.2) is 0 Å². The van der Waals surface area contributed by atoms with Crippen LogP contribution < -0.4 is 5.32 Å². The average molecular weight is 632 g/mol. The molecule has 0 unspecified atom stereocenters. The highest BCUT2D eigenvalue weighted by Crippen LogP contribution is 2.14. The van der Waals surface area contributed by atoms with Crippen LogP contribution in [0.25, 0.3) is 0 Å². The Hall–Kier alpha value is -1.09. The second-order valence-electron chi connectivity index (χ2n) is 14.1. The molecule has 0 saturated heterocycles. The molecule has 266 valence electrons. The molecule has 3 nitrogen and oxygen atoms in total. The van der Waals surface area contributed by atoms with Crippen molar-refractivity contribution in [1.82, 2.24) is 5.32 Å². The molecule has 45 heavy (non-hydrogen) atoms. The Labute approximate surface area is 283 Å². The van der Waals surface area contributed by atoms with E-state index in [4.69, 9.17) is 0 Å². The van der Waals surface area contributed by atoms with Crippen molar-refractivity contribution in [2.75, 3.05) is 0 Å². The summed E-state index contributed by atoms with van der Waals surface area (Å²) in [6.45, 7) is 6.47. The molecule has 0 aromatic heterocycles. The van der Waals surface area contributed by atoms with Crippen molar-refractivity contribution in [3.63, 3.8) is 0 Å². The van der Waals surface area contributed by atoms with E-state index in [-0.39, 0.29) is 11.9 Å². The predicted molar refractivity (Wildman–Crippen MR) is 201 cm³/mol. The van der Waals surface area contributed by atoms with Crippen LogP contribution in [0.1, 0.15) is 226 Å². The van der Waals surface area contributed by atoms with Crippen LogP contribution >= 0.6 is 0 Å². The number of amides is 1. The molecule has 0 rings (SSSR count). The lowest BCUT2D eigenvalue weighted by atomic mass is 10.0. The van der Waals surface area contributed by atoms with E-state index >= 15 is 0 Å². The molecule has 0 spiro atoms. The maximum atomic E-state index is 12.3. The normalized spacial score (nSPS) is 13.2. The van der Waals surface area contributed by atoms with E-state index in [1.165, 1.54) is 180 Å². The number of aliphatic hydroxyl groups is 1. The van der Waals surface area contributed by atoms with Crippen molar-refractivity contribution in [2.45, 2.75) is 238 Å². The van der Waals surface area contributed by atoms with Gasteiger partial charge in [0.2, 0.25) is 5.91 Å². The molecule has 0 fully saturated rings. The van der Waals surface area contributed by atoms with Gasteiger partial charge in [0.05, 0.1) is 12.1 Å². The number of carbonyl (C=O) groups excluding carboxylic acids is 1. The third-order valence-electron chi connectivity index (χ3n) is 9.37. The van der Waals surface area contributed by atoms with Gasteiger partial charge >= 0.3 is 0 Å². The Balaban J connectivity index is 3.44. The molecule has 0 radical (unpaired) electrons. The van der Waals surface area contributed by atoms with E-state index in [1.54, 1.807) is 0 Å². The van der Waals surface area contributed by atoms with Crippen LogP contribution in [0.2, 0.25) is 0 Å². The second kappa shape index (κ2) is 37.4. The van der Waals surface area contributed by atoms with E-state index in [9.17, 15) is 9.90 Å². The van der Waals surface area contributed by atoms with E-state index in [0.717, 1.165) is 19.3 Å². The SMILES string of the molecule is CCCCCCCC/C=C/CCCCCCCCCCCCCC(=O)N[C@@H](C)[C@H](O)/C=C/CCCCCCCCCCCCC. The molecule has 0 bridgehead atoms. The number of carbonyl (C=O) groups is 1. The fraction of sp³-hybridized carbons (Fsp3) is 0.881. The molecule has 0 aromatic rings. The number of unbranched alkanes of at least 4 members (excludes halogenated alkanes) is 28. The number of allylic oxidation sites excluding steroid dienone is 3. The van der Waals surface area contributed by atoms with Crippen molar-refractivity contribution in [2.24, 2.45) is 0 Å². The van der Waals surface area contributed by atoms with Crippen molar-refractivity contribution < 1.29 is 9.90 Å². The van der Waals surface area contributed by atoms with Crippen molar-refractivity contribution in [1.29, 1.82) is 0 Å². The van der Waals surface area contributed by atoms with Gasteiger partial charge in [-0.2, -0.15) is 0 Å². The largest absolute Gasteiger partial charge is 0.387 e. The van der Waals surface area contributed by atoms with Gasteiger partial charge in [-0.3, -0.25) is 4.79 Å². The Morgan fingerprint density at radius 3 is 1.18 bits per heavy atom. The molecular formula is C42H81NO2. The van der Waals surface area contributed by atoms with Crippen LogP contribution in [0.3, 0.4) is 0 Å². The maximum absolute atomic E-state index is 12.3. The molecule has 2 N–H and O–H groups in total. The number of nitrogens with one attached hydrogen (secondary N) is 1. The highest BCUT2D eigenvalue weighted by atomic mass is 16.3. The monoisotopic (exact) mass is 632 g/mol. The molecule has 0 aliphatic carbocycles. The molecule has 0 aliphatic heterocycles. The van der Waals surface area contributed by atoms with Crippen molar-refractivity contribution >= 4 is 5.91 Å². The minimum absolute atomic E-state index is 0.0774. The van der Waals surface area contributed by atoms with Gasteiger partial charge in [-0.1, -0.05) is 192 Å². The standard InChI is InChI=1S/C42H81NO2/c1-4-6-8-10-12-14-16-18-19-20-21-22-23-24-25-27-29-31-33-35-37-39-42(45)43-40(3)41(44)38-36-34-32-30-28-26-17-15-13-11-9-7-5-2/h18-19,36,38,40-41,44H,4-17,20-35,37,39H2,1-3H3,(H,43,45)/b19-18+,38-36+/t40-,41+/m0/s1. The third kappa shape index (κ3) is 35.6. The van der Waals surface area contributed by atoms with E-state index in [2.05, 4.69) is 37.4 Å². The summed E-state index contributed by atoms with van der Waals surface area (Å²) in [6.07, 6.45) is 49.8.